The number of nitrogens with one attached hydrogen (secondary N) is 3. The van der Waals surface area contributed by atoms with Crippen molar-refractivity contribution in [3.8, 4) is 0 Å². The predicted molar refractivity (Wildman–Crippen MR) is 81.6 cm³/mol. The van der Waals surface area contributed by atoms with Crippen molar-refractivity contribution >= 4 is 15.7 Å². The molecule has 0 aliphatic carbocycles. The van der Waals surface area contributed by atoms with Gasteiger partial charge in [0.25, 0.3) is 10.0 Å². The third-order valence-corrected chi connectivity index (χ3v) is 4.34. The standard InChI is InChI=1S/C13H21N5O2S/c1-4-14-6-11-5-13(8-15-11)21(19,20)17-12-7-16-18(9-12)10(2)3/h5,7-10,14-15,17H,4,6H2,1-3H3. The van der Waals surface area contributed by atoms with E-state index in [1.807, 2.05) is 20.8 Å². The highest BCUT2D eigenvalue weighted by atomic mass is 32.2. The maximum Gasteiger partial charge on any atom is 0.263 e. The quantitative estimate of drug-likeness (QED) is 0.726. The smallest absolute Gasteiger partial charge is 0.263 e. The number of nitrogens with zero attached hydrogens (tertiary/aromatic N) is 2. The van der Waals surface area contributed by atoms with Crippen molar-refractivity contribution in [2.75, 3.05) is 11.3 Å². The summed E-state index contributed by atoms with van der Waals surface area (Å²) in [5.41, 5.74) is 1.29. The molecule has 116 valence electrons. The lowest BCUT2D eigenvalue weighted by molar-refractivity contribution is 0.532. The normalized spacial score (nSPS) is 12.0. The Kier molecular flexibility index (Phi) is 4.69. The lowest BCUT2D eigenvalue weighted by atomic mass is 10.4. The van der Waals surface area contributed by atoms with Gasteiger partial charge in [0.2, 0.25) is 0 Å². The first-order chi connectivity index (χ1) is 9.92. The fourth-order valence-electron chi connectivity index (χ4n) is 1.82. The second-order valence-corrected chi connectivity index (χ2v) is 6.73. The number of anilines is 1. The van der Waals surface area contributed by atoms with Gasteiger partial charge in [-0.3, -0.25) is 9.40 Å². The van der Waals surface area contributed by atoms with E-state index in [4.69, 9.17) is 0 Å². The van der Waals surface area contributed by atoms with E-state index in [1.54, 1.807) is 16.9 Å². The van der Waals surface area contributed by atoms with Crippen LogP contribution < -0.4 is 10.0 Å². The molecule has 0 radical (unpaired) electrons. The van der Waals surface area contributed by atoms with E-state index in [9.17, 15) is 8.42 Å². The van der Waals surface area contributed by atoms with Gasteiger partial charge in [-0.15, -0.1) is 0 Å². The maximum atomic E-state index is 12.3. The van der Waals surface area contributed by atoms with Crippen molar-refractivity contribution in [2.24, 2.45) is 0 Å². The Balaban J connectivity index is 2.11. The van der Waals surface area contributed by atoms with Crippen LogP contribution in [0, 0.1) is 0 Å². The van der Waals surface area contributed by atoms with E-state index >= 15 is 0 Å². The lowest BCUT2D eigenvalue weighted by Gasteiger charge is -2.04. The number of hydrogen-bond donors (Lipinski definition) is 3. The Hall–Kier alpha value is -1.80. The molecule has 0 aliphatic heterocycles. The summed E-state index contributed by atoms with van der Waals surface area (Å²) < 4.78 is 28.8. The molecular formula is C13H21N5O2S. The minimum Gasteiger partial charge on any atom is -0.363 e. The first-order valence-corrected chi connectivity index (χ1v) is 8.35. The largest absolute Gasteiger partial charge is 0.363 e. The molecule has 0 atom stereocenters. The van der Waals surface area contributed by atoms with Crippen LogP contribution in [0.2, 0.25) is 0 Å². The van der Waals surface area contributed by atoms with Crippen LogP contribution in [-0.4, -0.2) is 29.7 Å². The van der Waals surface area contributed by atoms with Crippen molar-refractivity contribution in [1.82, 2.24) is 20.1 Å². The maximum absolute atomic E-state index is 12.3. The molecule has 0 spiro atoms. The molecule has 0 saturated heterocycles. The third-order valence-electron chi connectivity index (χ3n) is 2.97. The lowest BCUT2D eigenvalue weighted by Crippen LogP contribution is -2.13. The van der Waals surface area contributed by atoms with E-state index in [0.717, 1.165) is 12.2 Å². The van der Waals surface area contributed by atoms with E-state index in [0.29, 0.717) is 12.2 Å². The Labute approximate surface area is 124 Å². The van der Waals surface area contributed by atoms with Crippen LogP contribution in [0.25, 0.3) is 0 Å². The van der Waals surface area contributed by atoms with Crippen LogP contribution in [0.1, 0.15) is 32.5 Å². The highest BCUT2D eigenvalue weighted by molar-refractivity contribution is 7.92. The van der Waals surface area contributed by atoms with E-state index in [2.05, 4.69) is 20.1 Å². The van der Waals surface area contributed by atoms with Crippen molar-refractivity contribution in [2.45, 2.75) is 38.3 Å². The summed E-state index contributed by atoms with van der Waals surface area (Å²) in [7, 11) is -3.59. The van der Waals surface area contributed by atoms with Gasteiger partial charge in [0.05, 0.1) is 11.9 Å². The number of rotatable bonds is 7. The monoisotopic (exact) mass is 311 g/mol. The number of sulfonamides is 1. The Morgan fingerprint density at radius 1 is 1.43 bits per heavy atom. The molecule has 0 aliphatic rings. The molecule has 0 amide bonds. The molecule has 2 heterocycles. The molecule has 0 unspecified atom stereocenters. The average Bonchev–Trinajstić information content (AvgIpc) is 3.04. The Bertz CT molecular complexity index is 687. The summed E-state index contributed by atoms with van der Waals surface area (Å²) >= 11 is 0. The molecule has 2 aromatic heterocycles. The summed E-state index contributed by atoms with van der Waals surface area (Å²) in [4.78, 5) is 3.17. The van der Waals surface area contributed by atoms with Gasteiger partial charge in [-0.25, -0.2) is 8.42 Å². The molecule has 2 aromatic rings. The second kappa shape index (κ2) is 6.31. The van der Waals surface area contributed by atoms with Gasteiger partial charge in [-0.1, -0.05) is 6.92 Å². The summed E-state index contributed by atoms with van der Waals surface area (Å²) in [6, 6.07) is 1.81. The molecule has 21 heavy (non-hydrogen) atoms. The van der Waals surface area contributed by atoms with Crippen molar-refractivity contribution < 1.29 is 8.42 Å². The summed E-state index contributed by atoms with van der Waals surface area (Å²) in [5.74, 6) is 0. The minimum absolute atomic E-state index is 0.183. The molecule has 8 heteroatoms. The molecular weight excluding hydrogens is 290 g/mol. The van der Waals surface area contributed by atoms with Gasteiger partial charge in [0.1, 0.15) is 4.90 Å². The van der Waals surface area contributed by atoms with Gasteiger partial charge in [-0.05, 0) is 26.5 Å². The number of aromatic amines is 1. The zero-order valence-electron chi connectivity index (χ0n) is 12.4. The predicted octanol–water partition coefficient (Wildman–Crippen LogP) is 1.70. The number of aromatic nitrogens is 3. The minimum atomic E-state index is -3.59. The second-order valence-electron chi connectivity index (χ2n) is 5.05. The average molecular weight is 311 g/mol. The van der Waals surface area contributed by atoms with Gasteiger partial charge in [-0.2, -0.15) is 5.10 Å². The third kappa shape index (κ3) is 3.85. The molecule has 0 aromatic carbocycles. The van der Waals surface area contributed by atoms with Crippen LogP contribution in [-0.2, 0) is 16.6 Å². The van der Waals surface area contributed by atoms with E-state index in [1.165, 1.54) is 12.4 Å². The zero-order chi connectivity index (χ0) is 15.5. The molecule has 0 saturated carbocycles. The SMILES string of the molecule is CCNCc1cc(S(=O)(=O)Nc2cnn(C(C)C)c2)c[nH]1. The first-order valence-electron chi connectivity index (χ1n) is 6.87. The van der Waals surface area contributed by atoms with Crippen LogP contribution in [0.3, 0.4) is 0 Å². The fraction of sp³-hybridized carbons (Fsp3) is 0.462. The highest BCUT2D eigenvalue weighted by Gasteiger charge is 2.17. The van der Waals surface area contributed by atoms with Crippen LogP contribution in [0.15, 0.2) is 29.6 Å². The molecule has 0 fully saturated rings. The van der Waals surface area contributed by atoms with Crippen LogP contribution in [0.4, 0.5) is 5.69 Å². The van der Waals surface area contributed by atoms with Gasteiger partial charge in [0, 0.05) is 30.7 Å². The Morgan fingerprint density at radius 2 is 2.19 bits per heavy atom. The van der Waals surface area contributed by atoms with Gasteiger partial charge < -0.3 is 10.3 Å². The van der Waals surface area contributed by atoms with E-state index < -0.39 is 10.0 Å². The number of hydrogen-bond acceptors (Lipinski definition) is 4. The molecule has 7 nitrogen and oxygen atoms in total. The topological polar surface area (TPSA) is 91.8 Å². The van der Waals surface area contributed by atoms with Crippen LogP contribution >= 0.6 is 0 Å². The molecule has 2 rings (SSSR count). The highest BCUT2D eigenvalue weighted by Crippen LogP contribution is 2.17. The number of H-pyrrole nitrogens is 1. The van der Waals surface area contributed by atoms with Crippen molar-refractivity contribution in [1.29, 1.82) is 0 Å². The molecule has 3 N–H and O–H groups in total. The van der Waals surface area contributed by atoms with Crippen LogP contribution in [0.5, 0.6) is 0 Å². The fourth-order valence-corrected chi connectivity index (χ4v) is 2.87. The summed E-state index contributed by atoms with van der Waals surface area (Å²) in [5, 5.41) is 7.25. The summed E-state index contributed by atoms with van der Waals surface area (Å²) in [6.45, 7) is 7.38. The summed E-state index contributed by atoms with van der Waals surface area (Å²) in [6.07, 6.45) is 4.67. The van der Waals surface area contributed by atoms with Crippen molar-refractivity contribution in [3.05, 3.63) is 30.4 Å². The Morgan fingerprint density at radius 3 is 2.81 bits per heavy atom. The van der Waals surface area contributed by atoms with Crippen molar-refractivity contribution in [3.63, 3.8) is 0 Å². The first kappa shape index (κ1) is 15.6. The van der Waals surface area contributed by atoms with E-state index in [-0.39, 0.29) is 10.9 Å². The van der Waals surface area contributed by atoms with Gasteiger partial charge >= 0.3 is 0 Å². The molecule has 0 bridgehead atoms. The van der Waals surface area contributed by atoms with Gasteiger partial charge in [0.15, 0.2) is 0 Å². The zero-order valence-corrected chi connectivity index (χ0v) is 13.2.